The molecule has 4 heteroatoms. The fraction of sp³-hybridized carbons (Fsp3) is 0.789. The fourth-order valence-corrected chi connectivity index (χ4v) is 3.73. The first-order valence-electron chi connectivity index (χ1n) is 8.93. The molecule has 0 aromatic heterocycles. The molecule has 1 saturated heterocycles. The summed E-state index contributed by atoms with van der Waals surface area (Å²) in [6.45, 7) is 18.3. The van der Waals surface area contributed by atoms with Crippen LogP contribution in [0.2, 0.25) is 18.1 Å². The molecule has 134 valence electrons. The highest BCUT2D eigenvalue weighted by Gasteiger charge is 2.41. The zero-order valence-corrected chi connectivity index (χ0v) is 16.9. The molecule has 0 saturated carbocycles. The van der Waals surface area contributed by atoms with E-state index >= 15 is 0 Å². The topological polar surface area (TPSA) is 27.7 Å². The van der Waals surface area contributed by atoms with E-state index in [4.69, 9.17) is 13.9 Å². The molecule has 1 heterocycles. The lowest BCUT2D eigenvalue weighted by molar-refractivity contribution is -0.0513. The molecular formula is C19H36O3Si. The van der Waals surface area contributed by atoms with Crippen LogP contribution in [0.1, 0.15) is 53.4 Å². The molecule has 1 aliphatic rings. The minimum Gasteiger partial charge on any atom is -0.501 e. The van der Waals surface area contributed by atoms with Crippen LogP contribution in [-0.4, -0.2) is 33.2 Å². The van der Waals surface area contributed by atoms with Gasteiger partial charge in [-0.1, -0.05) is 40.2 Å². The summed E-state index contributed by atoms with van der Waals surface area (Å²) < 4.78 is 18.1. The maximum atomic E-state index is 6.59. The van der Waals surface area contributed by atoms with Crippen molar-refractivity contribution in [3.63, 3.8) is 0 Å². The SMILES string of the molecule is C=CC1CC(O[Si](C)(C)C(C)(C)C)CC(C=COCCCC)O1. The van der Waals surface area contributed by atoms with Crippen molar-refractivity contribution in [1.29, 1.82) is 0 Å². The van der Waals surface area contributed by atoms with Crippen molar-refractivity contribution >= 4 is 8.32 Å². The van der Waals surface area contributed by atoms with Crippen LogP contribution >= 0.6 is 0 Å². The molecule has 1 aliphatic heterocycles. The standard InChI is InChI=1S/C19H36O3Si/c1-8-10-12-20-13-11-17-15-18(14-16(9-2)21-17)22-23(6,7)19(3,4)5/h9,11,13,16-18H,2,8,10,12,14-15H2,1,3-7H3. The van der Waals surface area contributed by atoms with Gasteiger partial charge in [0.2, 0.25) is 0 Å². The Morgan fingerprint density at radius 3 is 2.43 bits per heavy atom. The summed E-state index contributed by atoms with van der Waals surface area (Å²) in [7, 11) is -1.76. The molecular weight excluding hydrogens is 304 g/mol. The number of hydrogen-bond donors (Lipinski definition) is 0. The smallest absolute Gasteiger partial charge is 0.192 e. The average Bonchev–Trinajstić information content (AvgIpc) is 2.45. The van der Waals surface area contributed by atoms with E-state index in [1.54, 1.807) is 6.26 Å². The van der Waals surface area contributed by atoms with Crippen molar-refractivity contribution < 1.29 is 13.9 Å². The minimum absolute atomic E-state index is 0.0446. The van der Waals surface area contributed by atoms with Gasteiger partial charge in [-0.3, -0.25) is 0 Å². The molecule has 0 aliphatic carbocycles. The maximum absolute atomic E-state index is 6.59. The summed E-state index contributed by atoms with van der Waals surface area (Å²) in [5.41, 5.74) is 0. The summed E-state index contributed by atoms with van der Waals surface area (Å²) in [6, 6.07) is 0. The third-order valence-electron chi connectivity index (χ3n) is 4.88. The Kier molecular flexibility index (Phi) is 8.05. The second kappa shape index (κ2) is 9.05. The summed E-state index contributed by atoms with van der Waals surface area (Å²) in [4.78, 5) is 0. The molecule has 0 bridgehead atoms. The van der Waals surface area contributed by atoms with Crippen molar-refractivity contribution in [2.24, 2.45) is 0 Å². The first kappa shape index (κ1) is 20.5. The second-order valence-electron chi connectivity index (χ2n) is 7.97. The number of unbranched alkanes of at least 4 members (excludes halogenated alkanes) is 1. The third kappa shape index (κ3) is 6.82. The zero-order valence-electron chi connectivity index (χ0n) is 15.9. The van der Waals surface area contributed by atoms with Gasteiger partial charge in [-0.15, -0.1) is 6.58 Å². The van der Waals surface area contributed by atoms with E-state index in [0.717, 1.165) is 32.3 Å². The van der Waals surface area contributed by atoms with Crippen molar-refractivity contribution in [2.75, 3.05) is 6.61 Å². The van der Waals surface area contributed by atoms with Gasteiger partial charge in [0.1, 0.15) is 0 Å². The van der Waals surface area contributed by atoms with Gasteiger partial charge in [-0.05, 0) is 30.6 Å². The van der Waals surface area contributed by atoms with Gasteiger partial charge in [0.25, 0.3) is 0 Å². The lowest BCUT2D eigenvalue weighted by Crippen LogP contribution is -2.47. The highest BCUT2D eigenvalue weighted by molar-refractivity contribution is 6.74. The summed E-state index contributed by atoms with van der Waals surface area (Å²) in [5.74, 6) is 0. The lowest BCUT2D eigenvalue weighted by Gasteiger charge is -2.42. The molecule has 0 aromatic rings. The molecule has 23 heavy (non-hydrogen) atoms. The van der Waals surface area contributed by atoms with E-state index in [9.17, 15) is 0 Å². The Bertz CT molecular complexity index is 385. The van der Waals surface area contributed by atoms with Crippen LogP contribution in [0, 0.1) is 0 Å². The van der Waals surface area contributed by atoms with E-state index in [0.29, 0.717) is 0 Å². The lowest BCUT2D eigenvalue weighted by atomic mass is 10.0. The molecule has 0 radical (unpaired) electrons. The number of ether oxygens (including phenoxy) is 2. The first-order valence-corrected chi connectivity index (χ1v) is 11.8. The van der Waals surface area contributed by atoms with Gasteiger partial charge in [-0.2, -0.15) is 0 Å². The molecule has 3 atom stereocenters. The van der Waals surface area contributed by atoms with Crippen molar-refractivity contribution in [2.45, 2.75) is 89.8 Å². The largest absolute Gasteiger partial charge is 0.501 e. The molecule has 0 spiro atoms. The Morgan fingerprint density at radius 1 is 1.22 bits per heavy atom. The maximum Gasteiger partial charge on any atom is 0.192 e. The predicted molar refractivity (Wildman–Crippen MR) is 100 cm³/mol. The highest BCUT2D eigenvalue weighted by Crippen LogP contribution is 2.39. The van der Waals surface area contributed by atoms with Crippen molar-refractivity contribution in [1.82, 2.24) is 0 Å². The molecule has 0 N–H and O–H groups in total. The van der Waals surface area contributed by atoms with E-state index in [1.165, 1.54) is 0 Å². The Morgan fingerprint density at radius 2 is 1.87 bits per heavy atom. The molecule has 3 nitrogen and oxygen atoms in total. The number of hydrogen-bond acceptors (Lipinski definition) is 3. The van der Waals surface area contributed by atoms with Gasteiger partial charge < -0.3 is 13.9 Å². The van der Waals surface area contributed by atoms with E-state index < -0.39 is 8.32 Å². The monoisotopic (exact) mass is 340 g/mol. The first-order chi connectivity index (χ1) is 10.7. The third-order valence-corrected chi connectivity index (χ3v) is 9.41. The number of rotatable bonds is 8. The van der Waals surface area contributed by atoms with Gasteiger partial charge >= 0.3 is 0 Å². The van der Waals surface area contributed by atoms with Crippen LogP contribution in [-0.2, 0) is 13.9 Å². The normalized spacial score (nSPS) is 26.4. The Hall–Kier alpha value is -0.583. The summed E-state index contributed by atoms with van der Waals surface area (Å²) in [5, 5.41) is 0.226. The van der Waals surface area contributed by atoms with Crippen LogP contribution < -0.4 is 0 Å². The fourth-order valence-electron chi connectivity index (χ4n) is 2.35. The molecule has 0 amide bonds. The highest BCUT2D eigenvalue weighted by atomic mass is 28.4. The van der Waals surface area contributed by atoms with E-state index in [-0.39, 0.29) is 23.4 Å². The van der Waals surface area contributed by atoms with Crippen LogP contribution in [0.4, 0.5) is 0 Å². The average molecular weight is 341 g/mol. The molecule has 0 aromatic carbocycles. The van der Waals surface area contributed by atoms with E-state index in [1.807, 2.05) is 12.2 Å². The second-order valence-corrected chi connectivity index (χ2v) is 12.7. The minimum atomic E-state index is -1.76. The van der Waals surface area contributed by atoms with Gasteiger partial charge in [0.15, 0.2) is 8.32 Å². The van der Waals surface area contributed by atoms with Crippen molar-refractivity contribution in [3.05, 3.63) is 25.0 Å². The van der Waals surface area contributed by atoms with Gasteiger partial charge in [0, 0.05) is 12.8 Å². The summed E-state index contributed by atoms with van der Waals surface area (Å²) >= 11 is 0. The molecule has 1 fully saturated rings. The van der Waals surface area contributed by atoms with Crippen LogP contribution in [0.3, 0.4) is 0 Å². The van der Waals surface area contributed by atoms with Crippen molar-refractivity contribution in [3.8, 4) is 0 Å². The summed E-state index contributed by atoms with van der Waals surface area (Å²) in [6.07, 6.45) is 10.1. The quantitative estimate of drug-likeness (QED) is 0.255. The van der Waals surface area contributed by atoms with Gasteiger partial charge in [-0.25, -0.2) is 0 Å². The molecule has 3 unspecified atom stereocenters. The van der Waals surface area contributed by atoms with E-state index in [2.05, 4.69) is 47.4 Å². The van der Waals surface area contributed by atoms with Crippen LogP contribution in [0.15, 0.2) is 25.0 Å². The molecule has 1 rings (SSSR count). The van der Waals surface area contributed by atoms with Gasteiger partial charge in [0.05, 0.1) is 31.2 Å². The Balaban J connectivity index is 2.62. The van der Waals surface area contributed by atoms with Crippen LogP contribution in [0.5, 0.6) is 0 Å². The predicted octanol–water partition coefficient (Wildman–Crippen LogP) is 5.44. The zero-order chi connectivity index (χ0) is 17.5. The van der Waals surface area contributed by atoms with Crippen LogP contribution in [0.25, 0.3) is 0 Å². The Labute approximate surface area is 144 Å².